The van der Waals surface area contributed by atoms with Crippen molar-refractivity contribution in [3.05, 3.63) is 60.9 Å². The number of imidazole rings is 2. The van der Waals surface area contributed by atoms with Crippen molar-refractivity contribution in [2.75, 3.05) is 12.8 Å². The molecule has 28 heavy (non-hydrogen) atoms. The summed E-state index contributed by atoms with van der Waals surface area (Å²) >= 11 is 0. The molecule has 9 nitrogen and oxygen atoms in total. The van der Waals surface area contributed by atoms with Crippen LogP contribution in [0, 0.1) is 0 Å². The third-order valence-electron chi connectivity index (χ3n) is 4.51. The normalized spacial score (nSPS) is 11.3. The Morgan fingerprint density at radius 1 is 0.964 bits per heavy atom. The second-order valence-electron chi connectivity index (χ2n) is 6.20. The fraction of sp³-hybridized carbons (Fsp3) is 0.105. The van der Waals surface area contributed by atoms with Gasteiger partial charge in [-0.15, -0.1) is 0 Å². The number of aromatic nitrogens is 7. The lowest BCUT2D eigenvalue weighted by molar-refractivity contribution is 0.399. The van der Waals surface area contributed by atoms with E-state index >= 15 is 0 Å². The highest BCUT2D eigenvalue weighted by molar-refractivity contribution is 5.81. The number of nitrogen functional groups attached to an aromatic ring is 1. The first-order chi connectivity index (χ1) is 13.7. The lowest BCUT2D eigenvalue weighted by atomic mass is 10.3. The van der Waals surface area contributed by atoms with Crippen LogP contribution in [0.3, 0.4) is 0 Å². The van der Waals surface area contributed by atoms with Gasteiger partial charge >= 0.3 is 0 Å². The summed E-state index contributed by atoms with van der Waals surface area (Å²) < 4.78 is 9.20. The van der Waals surface area contributed by atoms with Crippen LogP contribution in [0.25, 0.3) is 28.0 Å². The number of hydrogen-bond acceptors (Lipinski definition) is 7. The van der Waals surface area contributed by atoms with E-state index in [9.17, 15) is 0 Å². The van der Waals surface area contributed by atoms with Crippen LogP contribution in [0.1, 0.15) is 5.82 Å². The highest BCUT2D eigenvalue weighted by atomic mass is 16.5. The molecule has 0 saturated heterocycles. The molecular weight excluding hydrogens is 356 g/mol. The highest BCUT2D eigenvalue weighted by Crippen LogP contribution is 2.24. The first kappa shape index (κ1) is 16.2. The number of nitrogens with two attached hydrogens (primary N) is 1. The van der Waals surface area contributed by atoms with Gasteiger partial charge in [0.25, 0.3) is 0 Å². The molecule has 0 aliphatic heterocycles. The van der Waals surface area contributed by atoms with Gasteiger partial charge in [0.15, 0.2) is 17.1 Å². The Morgan fingerprint density at radius 2 is 1.82 bits per heavy atom. The first-order valence-corrected chi connectivity index (χ1v) is 8.63. The van der Waals surface area contributed by atoms with Gasteiger partial charge in [-0.05, 0) is 18.2 Å². The Bertz CT molecular complexity index is 1290. The zero-order valence-electron chi connectivity index (χ0n) is 15.0. The van der Waals surface area contributed by atoms with Gasteiger partial charge in [0.05, 0.1) is 20.0 Å². The predicted octanol–water partition coefficient (Wildman–Crippen LogP) is 2.20. The zero-order valence-corrected chi connectivity index (χ0v) is 15.0. The van der Waals surface area contributed by atoms with Crippen LogP contribution in [0.5, 0.6) is 5.88 Å². The number of nitrogens with zero attached hydrogens (tertiary/aromatic N) is 7. The van der Waals surface area contributed by atoms with Gasteiger partial charge in [-0.25, -0.2) is 19.9 Å². The molecule has 0 spiro atoms. The molecule has 4 aromatic heterocycles. The third-order valence-corrected chi connectivity index (χ3v) is 4.51. The summed E-state index contributed by atoms with van der Waals surface area (Å²) in [5.74, 6) is 1.68. The summed E-state index contributed by atoms with van der Waals surface area (Å²) in [6, 6.07) is 13.7. The fourth-order valence-corrected chi connectivity index (χ4v) is 3.22. The molecule has 5 aromatic rings. The molecule has 0 bridgehead atoms. The molecule has 0 unspecified atom stereocenters. The lowest BCUT2D eigenvalue weighted by Crippen LogP contribution is -2.08. The number of para-hydroxylation sites is 1. The smallest absolute Gasteiger partial charge is 0.215 e. The summed E-state index contributed by atoms with van der Waals surface area (Å²) in [6.45, 7) is 0.445. The molecule has 0 aliphatic carbocycles. The zero-order chi connectivity index (χ0) is 19.1. The molecule has 0 aliphatic rings. The van der Waals surface area contributed by atoms with E-state index in [1.807, 2.05) is 45.5 Å². The van der Waals surface area contributed by atoms with Crippen molar-refractivity contribution in [1.29, 1.82) is 0 Å². The van der Waals surface area contributed by atoms with Crippen molar-refractivity contribution >= 4 is 28.1 Å². The maximum atomic E-state index is 5.91. The van der Waals surface area contributed by atoms with E-state index in [-0.39, 0.29) is 0 Å². The minimum Gasteiger partial charge on any atom is -0.481 e. The summed E-state index contributed by atoms with van der Waals surface area (Å²) in [4.78, 5) is 22.0. The summed E-state index contributed by atoms with van der Waals surface area (Å²) in [5, 5.41) is 0. The van der Waals surface area contributed by atoms with Crippen molar-refractivity contribution in [1.82, 2.24) is 34.1 Å². The van der Waals surface area contributed by atoms with Gasteiger partial charge in [-0.1, -0.05) is 18.2 Å². The Hall–Kier alpha value is -4.01. The minimum atomic E-state index is 0.353. The third kappa shape index (κ3) is 2.52. The average molecular weight is 372 g/mol. The number of methoxy groups -OCH3 is 1. The van der Waals surface area contributed by atoms with Gasteiger partial charge in [0, 0.05) is 11.8 Å². The summed E-state index contributed by atoms with van der Waals surface area (Å²) in [7, 11) is 1.60. The average Bonchev–Trinajstić information content (AvgIpc) is 3.30. The van der Waals surface area contributed by atoms with Gasteiger partial charge in [-0.3, -0.25) is 4.57 Å². The van der Waals surface area contributed by atoms with Crippen LogP contribution in [-0.4, -0.2) is 41.2 Å². The monoisotopic (exact) mass is 372 g/mol. The molecule has 0 amide bonds. The summed E-state index contributed by atoms with van der Waals surface area (Å²) in [5.41, 5.74) is 9.59. The van der Waals surface area contributed by atoms with Crippen molar-refractivity contribution in [2.24, 2.45) is 0 Å². The van der Waals surface area contributed by atoms with Crippen molar-refractivity contribution in [2.45, 2.75) is 6.54 Å². The molecule has 2 N–H and O–H groups in total. The van der Waals surface area contributed by atoms with Crippen molar-refractivity contribution in [3.63, 3.8) is 0 Å². The Balaban J connectivity index is 1.71. The number of ether oxygens (including phenoxy) is 1. The number of hydrogen-bond donors (Lipinski definition) is 1. The Kier molecular flexibility index (Phi) is 3.64. The molecule has 9 heteroatoms. The van der Waals surface area contributed by atoms with E-state index in [2.05, 4.69) is 19.9 Å². The SMILES string of the molecule is COc1ccc2nc(Cn3cnc4c(N)ncnc43)n(-c3ccccc3)c2n1. The number of anilines is 1. The minimum absolute atomic E-state index is 0.353. The van der Waals surface area contributed by atoms with E-state index in [0.29, 0.717) is 29.4 Å². The lowest BCUT2D eigenvalue weighted by Gasteiger charge is -2.10. The standard InChI is InChI=1S/C19H16N8O/c1-28-15-8-7-13-18(25-15)27(12-5-3-2-4-6-12)14(24-13)9-26-11-23-16-17(20)21-10-22-19(16)26/h2-8,10-11H,9H2,1H3,(H2,20,21,22). The van der Waals surface area contributed by atoms with Gasteiger partial charge in [-0.2, -0.15) is 4.98 Å². The summed E-state index contributed by atoms with van der Waals surface area (Å²) in [6.07, 6.45) is 3.13. The molecule has 0 radical (unpaired) electrons. The van der Waals surface area contributed by atoms with E-state index in [1.165, 1.54) is 6.33 Å². The van der Waals surface area contributed by atoms with Crippen LogP contribution in [0.15, 0.2) is 55.1 Å². The van der Waals surface area contributed by atoms with E-state index in [0.717, 1.165) is 22.7 Å². The van der Waals surface area contributed by atoms with E-state index < -0.39 is 0 Å². The molecule has 4 heterocycles. The van der Waals surface area contributed by atoms with Gasteiger partial charge in [0.1, 0.15) is 23.2 Å². The first-order valence-electron chi connectivity index (χ1n) is 8.63. The maximum Gasteiger partial charge on any atom is 0.215 e. The topological polar surface area (TPSA) is 110 Å². The Morgan fingerprint density at radius 3 is 2.64 bits per heavy atom. The van der Waals surface area contributed by atoms with Crippen LogP contribution < -0.4 is 10.5 Å². The number of fused-ring (bicyclic) bond motifs is 2. The van der Waals surface area contributed by atoms with Crippen molar-refractivity contribution in [3.8, 4) is 11.6 Å². The van der Waals surface area contributed by atoms with Gasteiger partial charge in [0.2, 0.25) is 5.88 Å². The van der Waals surface area contributed by atoms with Crippen LogP contribution >= 0.6 is 0 Å². The predicted molar refractivity (Wildman–Crippen MR) is 104 cm³/mol. The number of benzene rings is 1. The second-order valence-corrected chi connectivity index (χ2v) is 6.20. The molecule has 5 rings (SSSR count). The van der Waals surface area contributed by atoms with Crippen LogP contribution in [0.4, 0.5) is 5.82 Å². The molecule has 0 saturated carbocycles. The van der Waals surface area contributed by atoms with Crippen LogP contribution in [-0.2, 0) is 6.54 Å². The highest BCUT2D eigenvalue weighted by Gasteiger charge is 2.17. The van der Waals surface area contributed by atoms with Crippen molar-refractivity contribution < 1.29 is 4.74 Å². The number of pyridine rings is 1. The molecule has 138 valence electrons. The molecule has 1 aromatic carbocycles. The molecule has 0 fully saturated rings. The Labute approximate surface area is 159 Å². The van der Waals surface area contributed by atoms with Gasteiger partial charge < -0.3 is 15.0 Å². The largest absolute Gasteiger partial charge is 0.481 e. The number of rotatable bonds is 4. The fourth-order valence-electron chi connectivity index (χ4n) is 3.22. The molecular formula is C19H16N8O. The van der Waals surface area contributed by atoms with E-state index in [4.69, 9.17) is 15.5 Å². The van der Waals surface area contributed by atoms with E-state index in [1.54, 1.807) is 19.5 Å². The quantitative estimate of drug-likeness (QED) is 0.515. The molecule has 0 atom stereocenters. The maximum absolute atomic E-state index is 5.91. The second kappa shape index (κ2) is 6.31. The van der Waals surface area contributed by atoms with Crippen LogP contribution in [0.2, 0.25) is 0 Å².